The minimum atomic E-state index is -0.892. The second-order valence-corrected chi connectivity index (χ2v) is 4.97. The summed E-state index contributed by atoms with van der Waals surface area (Å²) in [5, 5.41) is 10.8. The summed E-state index contributed by atoms with van der Waals surface area (Å²) in [6, 6.07) is 7.55. The van der Waals surface area contributed by atoms with E-state index in [2.05, 4.69) is 0 Å². The van der Waals surface area contributed by atoms with Crippen molar-refractivity contribution >= 4 is 5.91 Å². The van der Waals surface area contributed by atoms with Crippen LogP contribution in [0.1, 0.15) is 31.7 Å². The average Bonchev–Trinajstić information content (AvgIpc) is 2.47. The summed E-state index contributed by atoms with van der Waals surface area (Å²) < 4.78 is 5.32. The predicted molar refractivity (Wildman–Crippen MR) is 73.0 cm³/mol. The van der Waals surface area contributed by atoms with Gasteiger partial charge in [0.15, 0.2) is 0 Å². The van der Waals surface area contributed by atoms with Gasteiger partial charge in [0.2, 0.25) is 5.91 Å². The number of para-hydroxylation sites is 1. The van der Waals surface area contributed by atoms with Crippen LogP contribution < -0.4 is 4.74 Å². The number of carbonyl (C=O) groups is 1. The van der Waals surface area contributed by atoms with Crippen LogP contribution in [-0.4, -0.2) is 36.1 Å². The number of methoxy groups -OCH3 is 1. The van der Waals surface area contributed by atoms with E-state index in [0.29, 0.717) is 38.1 Å². The fourth-order valence-electron chi connectivity index (χ4n) is 2.65. The summed E-state index contributed by atoms with van der Waals surface area (Å²) in [7, 11) is 1.61. The first kappa shape index (κ1) is 13.9. The maximum absolute atomic E-state index is 11.7. The van der Waals surface area contributed by atoms with Crippen LogP contribution in [0.3, 0.4) is 0 Å². The van der Waals surface area contributed by atoms with Crippen molar-refractivity contribution in [2.75, 3.05) is 20.2 Å². The van der Waals surface area contributed by atoms with Crippen LogP contribution in [0.25, 0.3) is 0 Å². The third-order valence-corrected chi connectivity index (χ3v) is 3.85. The second kappa shape index (κ2) is 5.61. The molecule has 0 radical (unpaired) electrons. The molecular formula is C15H21NO3. The van der Waals surface area contributed by atoms with E-state index in [9.17, 15) is 9.90 Å². The number of nitrogens with zero attached hydrogens (tertiary/aromatic N) is 1. The summed E-state index contributed by atoms with van der Waals surface area (Å²) >= 11 is 0. The average molecular weight is 263 g/mol. The Morgan fingerprint density at radius 2 is 2.00 bits per heavy atom. The van der Waals surface area contributed by atoms with Crippen molar-refractivity contribution in [3.63, 3.8) is 0 Å². The maximum atomic E-state index is 11.7. The minimum absolute atomic E-state index is 0.155. The Kier molecular flexibility index (Phi) is 4.10. The van der Waals surface area contributed by atoms with E-state index in [1.807, 2.05) is 36.1 Å². The minimum Gasteiger partial charge on any atom is -0.496 e. The first-order valence-corrected chi connectivity index (χ1v) is 6.74. The van der Waals surface area contributed by atoms with E-state index in [1.165, 1.54) is 0 Å². The standard InChI is InChI=1S/C15H21NO3/c1-3-14(17)16-10-8-15(18,9-11-16)12-6-4-5-7-13(12)19-2/h4-7,18H,3,8-11H2,1-2H3. The second-order valence-electron chi connectivity index (χ2n) is 4.97. The zero-order valence-corrected chi connectivity index (χ0v) is 11.6. The van der Waals surface area contributed by atoms with Crippen LogP contribution in [0.5, 0.6) is 5.75 Å². The Labute approximate surface area is 114 Å². The lowest BCUT2D eigenvalue weighted by Crippen LogP contribution is -2.45. The molecule has 0 saturated carbocycles. The summed E-state index contributed by atoms with van der Waals surface area (Å²) in [5.41, 5.74) is -0.0713. The number of ether oxygens (including phenoxy) is 1. The molecule has 4 heteroatoms. The van der Waals surface area contributed by atoms with Crippen molar-refractivity contribution in [1.82, 2.24) is 4.90 Å². The first-order chi connectivity index (χ1) is 9.10. The fourth-order valence-corrected chi connectivity index (χ4v) is 2.65. The van der Waals surface area contributed by atoms with Gasteiger partial charge in [0.25, 0.3) is 0 Å². The molecule has 1 N–H and O–H groups in total. The van der Waals surface area contributed by atoms with Crippen molar-refractivity contribution in [2.24, 2.45) is 0 Å². The van der Waals surface area contributed by atoms with E-state index < -0.39 is 5.60 Å². The van der Waals surface area contributed by atoms with Crippen LogP contribution in [0.4, 0.5) is 0 Å². The zero-order valence-electron chi connectivity index (χ0n) is 11.6. The predicted octanol–water partition coefficient (Wildman–Crippen LogP) is 1.92. The molecule has 0 bridgehead atoms. The molecule has 0 aliphatic carbocycles. The molecule has 1 saturated heterocycles. The van der Waals surface area contributed by atoms with Crippen molar-refractivity contribution in [3.8, 4) is 5.75 Å². The van der Waals surface area contributed by atoms with Gasteiger partial charge in [0.05, 0.1) is 12.7 Å². The van der Waals surface area contributed by atoms with Crippen LogP contribution >= 0.6 is 0 Å². The number of piperidine rings is 1. The molecule has 19 heavy (non-hydrogen) atoms. The van der Waals surface area contributed by atoms with Gasteiger partial charge in [0, 0.05) is 25.1 Å². The van der Waals surface area contributed by atoms with Crippen LogP contribution in [0.15, 0.2) is 24.3 Å². The Hall–Kier alpha value is -1.55. The lowest BCUT2D eigenvalue weighted by molar-refractivity contribution is -0.135. The maximum Gasteiger partial charge on any atom is 0.222 e. The summed E-state index contributed by atoms with van der Waals surface area (Å²) in [4.78, 5) is 13.5. The lowest BCUT2D eigenvalue weighted by atomic mass is 9.84. The van der Waals surface area contributed by atoms with Crippen LogP contribution in [0.2, 0.25) is 0 Å². The highest BCUT2D eigenvalue weighted by atomic mass is 16.5. The van der Waals surface area contributed by atoms with E-state index in [4.69, 9.17) is 4.74 Å². The van der Waals surface area contributed by atoms with Gasteiger partial charge in [-0.2, -0.15) is 0 Å². The lowest BCUT2D eigenvalue weighted by Gasteiger charge is -2.39. The molecule has 1 amide bonds. The van der Waals surface area contributed by atoms with Crippen molar-refractivity contribution in [1.29, 1.82) is 0 Å². The SMILES string of the molecule is CCC(=O)N1CCC(O)(c2ccccc2OC)CC1. The third kappa shape index (κ3) is 2.73. The number of carbonyl (C=O) groups excluding carboxylic acids is 1. The molecule has 1 aliphatic rings. The highest BCUT2D eigenvalue weighted by Gasteiger charge is 2.36. The Balaban J connectivity index is 2.15. The van der Waals surface area contributed by atoms with Gasteiger partial charge in [-0.25, -0.2) is 0 Å². The molecule has 0 aromatic heterocycles. The number of rotatable bonds is 3. The number of hydrogen-bond acceptors (Lipinski definition) is 3. The van der Waals surface area contributed by atoms with Crippen molar-refractivity contribution in [2.45, 2.75) is 31.8 Å². The Bertz CT molecular complexity index is 450. The molecule has 0 atom stereocenters. The smallest absolute Gasteiger partial charge is 0.222 e. The number of amides is 1. The van der Waals surface area contributed by atoms with Crippen molar-refractivity contribution < 1.29 is 14.6 Å². The summed E-state index contributed by atoms with van der Waals surface area (Å²) in [5.74, 6) is 0.863. The van der Waals surface area contributed by atoms with Gasteiger partial charge in [-0.05, 0) is 18.9 Å². The highest BCUT2D eigenvalue weighted by Crippen LogP contribution is 2.37. The zero-order chi connectivity index (χ0) is 13.9. The molecule has 2 rings (SSSR count). The number of hydrogen-bond donors (Lipinski definition) is 1. The fraction of sp³-hybridized carbons (Fsp3) is 0.533. The molecule has 104 valence electrons. The van der Waals surface area contributed by atoms with Crippen LogP contribution in [-0.2, 0) is 10.4 Å². The quantitative estimate of drug-likeness (QED) is 0.906. The third-order valence-electron chi connectivity index (χ3n) is 3.85. The first-order valence-electron chi connectivity index (χ1n) is 6.74. The Morgan fingerprint density at radius 3 is 2.58 bits per heavy atom. The van der Waals surface area contributed by atoms with Crippen LogP contribution in [0, 0.1) is 0 Å². The molecule has 1 heterocycles. The highest BCUT2D eigenvalue weighted by molar-refractivity contribution is 5.75. The van der Waals surface area contributed by atoms with E-state index in [1.54, 1.807) is 7.11 Å². The van der Waals surface area contributed by atoms with Gasteiger partial charge in [0.1, 0.15) is 5.75 Å². The topological polar surface area (TPSA) is 49.8 Å². The Morgan fingerprint density at radius 1 is 1.37 bits per heavy atom. The molecule has 1 aromatic rings. The number of benzene rings is 1. The molecule has 1 aromatic carbocycles. The molecular weight excluding hydrogens is 242 g/mol. The van der Waals surface area contributed by atoms with Crippen molar-refractivity contribution in [3.05, 3.63) is 29.8 Å². The summed E-state index contributed by atoms with van der Waals surface area (Å²) in [6.07, 6.45) is 1.63. The van der Waals surface area contributed by atoms with Gasteiger partial charge < -0.3 is 14.7 Å². The largest absolute Gasteiger partial charge is 0.496 e. The van der Waals surface area contributed by atoms with E-state index in [-0.39, 0.29) is 5.91 Å². The normalized spacial score (nSPS) is 18.2. The molecule has 0 unspecified atom stereocenters. The monoisotopic (exact) mass is 263 g/mol. The van der Waals surface area contributed by atoms with Gasteiger partial charge in [-0.15, -0.1) is 0 Å². The summed E-state index contributed by atoms with van der Waals surface area (Å²) in [6.45, 7) is 3.06. The van der Waals surface area contributed by atoms with Gasteiger partial charge in [-0.3, -0.25) is 4.79 Å². The molecule has 1 aliphatic heterocycles. The van der Waals surface area contributed by atoms with E-state index in [0.717, 1.165) is 5.56 Å². The van der Waals surface area contributed by atoms with E-state index >= 15 is 0 Å². The molecule has 1 fully saturated rings. The van der Waals surface area contributed by atoms with Gasteiger partial charge >= 0.3 is 0 Å². The number of aliphatic hydroxyl groups is 1. The molecule has 4 nitrogen and oxygen atoms in total. The molecule has 0 spiro atoms. The number of likely N-dealkylation sites (tertiary alicyclic amines) is 1. The van der Waals surface area contributed by atoms with Gasteiger partial charge in [-0.1, -0.05) is 25.1 Å².